The molecule has 1 aliphatic rings. The fourth-order valence-electron chi connectivity index (χ4n) is 3.16. The van der Waals surface area contributed by atoms with Crippen molar-refractivity contribution < 1.29 is 9.59 Å². The van der Waals surface area contributed by atoms with Gasteiger partial charge in [-0.05, 0) is 32.1 Å². The first-order valence-corrected chi connectivity index (χ1v) is 8.28. The van der Waals surface area contributed by atoms with E-state index < -0.39 is 5.91 Å². The van der Waals surface area contributed by atoms with Crippen molar-refractivity contribution in [2.75, 3.05) is 27.7 Å². The van der Waals surface area contributed by atoms with E-state index in [9.17, 15) is 9.59 Å². The van der Waals surface area contributed by atoms with E-state index >= 15 is 0 Å². The van der Waals surface area contributed by atoms with Crippen molar-refractivity contribution in [3.05, 3.63) is 41.2 Å². The number of hydrogen-bond acceptors (Lipinski definition) is 4. The Hall–Kier alpha value is -2.67. The molecule has 2 heterocycles. The fourth-order valence-corrected chi connectivity index (χ4v) is 3.16. The number of benzene rings is 1. The molecule has 0 radical (unpaired) electrons. The van der Waals surface area contributed by atoms with Gasteiger partial charge in [0.25, 0.3) is 11.8 Å². The highest BCUT2D eigenvalue weighted by Crippen LogP contribution is 2.26. The van der Waals surface area contributed by atoms with Crippen LogP contribution in [0.5, 0.6) is 0 Å². The summed E-state index contributed by atoms with van der Waals surface area (Å²) >= 11 is 0. The maximum absolute atomic E-state index is 12.0. The number of amides is 2. The maximum Gasteiger partial charge on any atom is 0.269 e. The molecule has 2 aromatic rings. The second-order valence-electron chi connectivity index (χ2n) is 6.61. The number of imidazole rings is 1. The van der Waals surface area contributed by atoms with Crippen molar-refractivity contribution in [3.63, 3.8) is 0 Å². The summed E-state index contributed by atoms with van der Waals surface area (Å²) < 4.78 is 2.08. The molecule has 25 heavy (non-hydrogen) atoms. The third-order valence-corrected chi connectivity index (χ3v) is 4.44. The highest BCUT2D eigenvalue weighted by molar-refractivity contribution is 5.95. The molecule has 1 aromatic heterocycles. The van der Waals surface area contributed by atoms with Crippen LogP contribution in [0.1, 0.15) is 33.0 Å². The predicted molar refractivity (Wildman–Crippen MR) is 95.1 cm³/mol. The normalized spacial score (nSPS) is 14.7. The number of nitrogens with two attached hydrogens (primary N) is 1. The van der Waals surface area contributed by atoms with Gasteiger partial charge >= 0.3 is 0 Å². The summed E-state index contributed by atoms with van der Waals surface area (Å²) in [5, 5.41) is 0. The van der Waals surface area contributed by atoms with Gasteiger partial charge in [0.1, 0.15) is 5.82 Å². The lowest BCUT2D eigenvalue weighted by Gasteiger charge is -2.12. The summed E-state index contributed by atoms with van der Waals surface area (Å²) in [6.45, 7) is 2.38. The molecule has 2 N–H and O–H groups in total. The molecule has 7 heteroatoms. The average Bonchev–Trinajstić information content (AvgIpc) is 2.81. The van der Waals surface area contributed by atoms with Gasteiger partial charge in [0, 0.05) is 38.3 Å². The molecule has 3 rings (SSSR count). The summed E-state index contributed by atoms with van der Waals surface area (Å²) in [6.07, 6.45) is 0.974. The number of hydrogen-bond donors (Lipinski definition) is 1. The van der Waals surface area contributed by atoms with Crippen molar-refractivity contribution in [1.29, 1.82) is 0 Å². The lowest BCUT2D eigenvalue weighted by molar-refractivity contribution is 0.0827. The van der Waals surface area contributed by atoms with Crippen LogP contribution >= 0.6 is 0 Å². The van der Waals surface area contributed by atoms with Crippen LogP contribution in [0.3, 0.4) is 0 Å². The Morgan fingerprint density at radius 3 is 2.44 bits per heavy atom. The van der Waals surface area contributed by atoms with Crippen LogP contribution in [-0.4, -0.2) is 58.9 Å². The summed E-state index contributed by atoms with van der Waals surface area (Å²) in [7, 11) is 5.47. The van der Waals surface area contributed by atoms with Crippen LogP contribution in [-0.2, 0) is 13.1 Å². The molecule has 0 saturated carbocycles. The molecule has 0 unspecified atom stereocenters. The fraction of sp³-hybridized carbons (Fsp3) is 0.389. The molecule has 1 aromatic carbocycles. The van der Waals surface area contributed by atoms with Crippen LogP contribution < -0.4 is 5.73 Å². The monoisotopic (exact) mass is 341 g/mol. The molecule has 1 aliphatic heterocycles. The van der Waals surface area contributed by atoms with Crippen molar-refractivity contribution in [1.82, 2.24) is 19.4 Å². The maximum atomic E-state index is 12.0. The number of primary amides is 1. The number of fused-ring (bicyclic) bond motifs is 1. The Labute approximate surface area is 147 Å². The van der Waals surface area contributed by atoms with Crippen molar-refractivity contribution in [2.24, 2.45) is 5.73 Å². The molecule has 0 atom stereocenters. The largest absolute Gasteiger partial charge is 0.364 e. The van der Waals surface area contributed by atoms with Crippen molar-refractivity contribution in [2.45, 2.75) is 19.5 Å². The highest BCUT2D eigenvalue weighted by Gasteiger charge is 2.24. The lowest BCUT2D eigenvalue weighted by Crippen LogP contribution is -2.21. The first-order chi connectivity index (χ1) is 11.9. The van der Waals surface area contributed by atoms with E-state index in [-0.39, 0.29) is 5.91 Å². The Balaban J connectivity index is 2.04. The lowest BCUT2D eigenvalue weighted by atomic mass is 10.1. The molecule has 0 aliphatic carbocycles. The standard InChI is InChI=1S/C18H23N5O2/c1-21(2)18(25)13-7-5-12(6-8-13)17-20-15(16(19)24)14-11-22(3)9-4-10-23(14)17/h5-8H,4,9-11H2,1-3H3,(H2,19,24). The van der Waals surface area contributed by atoms with Crippen LogP contribution in [0.15, 0.2) is 24.3 Å². The number of aromatic nitrogens is 2. The van der Waals surface area contributed by atoms with Gasteiger partial charge in [0.15, 0.2) is 5.69 Å². The zero-order valence-corrected chi connectivity index (χ0v) is 14.8. The summed E-state index contributed by atoms with van der Waals surface area (Å²) in [5.41, 5.74) is 8.21. The van der Waals surface area contributed by atoms with Gasteiger partial charge in [-0.25, -0.2) is 4.98 Å². The van der Waals surface area contributed by atoms with Gasteiger partial charge in [-0.15, -0.1) is 0 Å². The quantitative estimate of drug-likeness (QED) is 0.909. The molecule has 0 spiro atoms. The van der Waals surface area contributed by atoms with E-state index in [0.29, 0.717) is 17.8 Å². The predicted octanol–water partition coefficient (Wildman–Crippen LogP) is 1.19. The van der Waals surface area contributed by atoms with Gasteiger partial charge in [-0.2, -0.15) is 0 Å². The first-order valence-electron chi connectivity index (χ1n) is 8.28. The van der Waals surface area contributed by atoms with Gasteiger partial charge in [-0.1, -0.05) is 12.1 Å². The van der Waals surface area contributed by atoms with Crippen LogP contribution in [0.25, 0.3) is 11.4 Å². The van der Waals surface area contributed by atoms with E-state index in [1.807, 2.05) is 19.2 Å². The summed E-state index contributed by atoms with van der Waals surface area (Å²) in [6, 6.07) is 7.30. The highest BCUT2D eigenvalue weighted by atomic mass is 16.2. The second kappa shape index (κ2) is 6.68. The Bertz CT molecular complexity index is 808. The van der Waals surface area contributed by atoms with Gasteiger partial charge in [-0.3, -0.25) is 9.59 Å². The molecule has 0 bridgehead atoms. The summed E-state index contributed by atoms with van der Waals surface area (Å²) in [4.78, 5) is 32.1. The smallest absolute Gasteiger partial charge is 0.269 e. The Morgan fingerprint density at radius 2 is 1.84 bits per heavy atom. The Morgan fingerprint density at radius 1 is 1.16 bits per heavy atom. The zero-order chi connectivity index (χ0) is 18.1. The molecule has 2 amide bonds. The van der Waals surface area contributed by atoms with E-state index in [4.69, 9.17) is 5.73 Å². The molecule has 7 nitrogen and oxygen atoms in total. The van der Waals surface area contributed by atoms with Gasteiger partial charge in [0.05, 0.1) is 5.69 Å². The molecule has 0 saturated heterocycles. The molecule has 0 fully saturated rings. The minimum atomic E-state index is -0.510. The average molecular weight is 341 g/mol. The molecule has 132 valence electrons. The number of carbonyl (C=O) groups is 2. The van der Waals surface area contributed by atoms with Crippen LogP contribution in [0.4, 0.5) is 0 Å². The first kappa shape index (κ1) is 17.2. The van der Waals surface area contributed by atoms with E-state index in [2.05, 4.69) is 14.5 Å². The van der Waals surface area contributed by atoms with Gasteiger partial charge in [0.2, 0.25) is 0 Å². The van der Waals surface area contributed by atoms with E-state index in [1.54, 1.807) is 26.2 Å². The van der Waals surface area contributed by atoms with Crippen molar-refractivity contribution in [3.8, 4) is 11.4 Å². The van der Waals surface area contributed by atoms with Crippen LogP contribution in [0, 0.1) is 0 Å². The van der Waals surface area contributed by atoms with E-state index in [1.165, 1.54) is 4.90 Å². The number of rotatable bonds is 3. The minimum Gasteiger partial charge on any atom is -0.364 e. The van der Waals surface area contributed by atoms with Crippen LogP contribution in [0.2, 0.25) is 0 Å². The topological polar surface area (TPSA) is 84.5 Å². The zero-order valence-electron chi connectivity index (χ0n) is 14.8. The third-order valence-electron chi connectivity index (χ3n) is 4.44. The second-order valence-corrected chi connectivity index (χ2v) is 6.61. The molecular formula is C18H23N5O2. The SMILES string of the molecule is CN1CCCn2c(-c3ccc(C(=O)N(C)C)cc3)nc(C(N)=O)c2C1. The number of carbonyl (C=O) groups excluding carboxylic acids is 2. The molecular weight excluding hydrogens is 318 g/mol. The van der Waals surface area contributed by atoms with E-state index in [0.717, 1.165) is 36.6 Å². The van der Waals surface area contributed by atoms with Gasteiger partial charge < -0.3 is 20.1 Å². The minimum absolute atomic E-state index is 0.0482. The summed E-state index contributed by atoms with van der Waals surface area (Å²) in [5.74, 6) is 0.167. The third kappa shape index (κ3) is 3.28. The Kier molecular flexibility index (Phi) is 4.59. The van der Waals surface area contributed by atoms with Crippen molar-refractivity contribution >= 4 is 11.8 Å². The number of nitrogens with zero attached hydrogens (tertiary/aromatic N) is 4.